The van der Waals surface area contributed by atoms with Crippen molar-refractivity contribution in [3.05, 3.63) is 47.5 Å². The number of benzene rings is 2. The number of hydrogen-bond acceptors (Lipinski definition) is 2. The average molecular weight is 342 g/mol. The molecule has 5 heteroatoms. The van der Waals surface area contributed by atoms with Gasteiger partial charge >= 0.3 is 0 Å². The van der Waals surface area contributed by atoms with Crippen LogP contribution in [0.2, 0.25) is 5.02 Å². The van der Waals surface area contributed by atoms with Crippen LogP contribution in [0.5, 0.6) is 0 Å². The second-order valence-electron chi connectivity index (χ2n) is 5.80. The Bertz CT molecular complexity index is 824. The number of aromatic amines is 1. The van der Waals surface area contributed by atoms with Gasteiger partial charge in [0, 0.05) is 12.0 Å². The van der Waals surface area contributed by atoms with Gasteiger partial charge in [-0.1, -0.05) is 43.5 Å². The molecule has 0 bridgehead atoms. The molecule has 0 spiro atoms. The van der Waals surface area contributed by atoms with Crippen LogP contribution in [-0.4, -0.2) is 15.9 Å². The molecular formula is C19H20ClN3O. The van der Waals surface area contributed by atoms with Crippen LogP contribution in [0, 0.1) is 0 Å². The molecule has 0 aliphatic heterocycles. The van der Waals surface area contributed by atoms with Crippen LogP contribution in [0.3, 0.4) is 0 Å². The van der Waals surface area contributed by atoms with Gasteiger partial charge in [0.15, 0.2) is 0 Å². The van der Waals surface area contributed by atoms with Gasteiger partial charge in [0.05, 0.1) is 21.7 Å². The van der Waals surface area contributed by atoms with Crippen LogP contribution in [0.4, 0.5) is 5.69 Å². The maximum Gasteiger partial charge on any atom is 0.224 e. The topological polar surface area (TPSA) is 57.8 Å². The summed E-state index contributed by atoms with van der Waals surface area (Å²) in [7, 11) is 0. The second-order valence-corrected chi connectivity index (χ2v) is 6.21. The van der Waals surface area contributed by atoms with Crippen molar-refractivity contribution in [1.82, 2.24) is 9.97 Å². The maximum absolute atomic E-state index is 12.0. The summed E-state index contributed by atoms with van der Waals surface area (Å²) < 4.78 is 0. The number of halogens is 1. The molecular weight excluding hydrogens is 322 g/mol. The Morgan fingerprint density at radius 3 is 2.83 bits per heavy atom. The molecule has 0 saturated carbocycles. The van der Waals surface area contributed by atoms with Crippen molar-refractivity contribution < 1.29 is 4.79 Å². The van der Waals surface area contributed by atoms with E-state index < -0.39 is 0 Å². The van der Waals surface area contributed by atoms with Crippen molar-refractivity contribution in [1.29, 1.82) is 0 Å². The molecule has 0 atom stereocenters. The van der Waals surface area contributed by atoms with E-state index in [-0.39, 0.29) is 5.91 Å². The lowest BCUT2D eigenvalue weighted by molar-refractivity contribution is -0.116. The SMILES string of the molecule is CCCCCC(=O)Nc1cc(-c2nc3ccccc3[nH]2)ccc1Cl. The molecule has 0 fully saturated rings. The first-order valence-electron chi connectivity index (χ1n) is 8.22. The molecule has 4 nitrogen and oxygen atoms in total. The molecule has 24 heavy (non-hydrogen) atoms. The summed E-state index contributed by atoms with van der Waals surface area (Å²) in [5, 5.41) is 3.43. The van der Waals surface area contributed by atoms with Crippen LogP contribution >= 0.6 is 11.6 Å². The van der Waals surface area contributed by atoms with Crippen LogP contribution in [-0.2, 0) is 4.79 Å². The van der Waals surface area contributed by atoms with Crippen LogP contribution in [0.1, 0.15) is 32.6 Å². The lowest BCUT2D eigenvalue weighted by atomic mass is 10.1. The summed E-state index contributed by atoms with van der Waals surface area (Å²) in [5.41, 5.74) is 3.40. The van der Waals surface area contributed by atoms with E-state index in [1.807, 2.05) is 36.4 Å². The number of fused-ring (bicyclic) bond motifs is 1. The summed E-state index contributed by atoms with van der Waals surface area (Å²) >= 11 is 6.22. The molecule has 0 aliphatic rings. The number of H-pyrrole nitrogens is 1. The number of imidazole rings is 1. The minimum absolute atomic E-state index is 0.00731. The monoisotopic (exact) mass is 341 g/mol. The molecule has 0 saturated heterocycles. The first-order valence-corrected chi connectivity index (χ1v) is 8.59. The molecule has 1 amide bonds. The molecule has 3 aromatic rings. The van der Waals surface area contributed by atoms with E-state index in [4.69, 9.17) is 11.6 Å². The number of hydrogen-bond donors (Lipinski definition) is 2. The fraction of sp³-hybridized carbons (Fsp3) is 0.263. The third kappa shape index (κ3) is 3.77. The first kappa shape index (κ1) is 16.5. The lowest BCUT2D eigenvalue weighted by Crippen LogP contribution is -2.11. The zero-order valence-electron chi connectivity index (χ0n) is 13.6. The number of aromatic nitrogens is 2. The number of carbonyl (C=O) groups excluding carboxylic acids is 1. The zero-order chi connectivity index (χ0) is 16.9. The molecule has 0 unspecified atom stereocenters. The van der Waals surface area contributed by atoms with E-state index in [0.29, 0.717) is 17.1 Å². The Balaban J connectivity index is 1.81. The number of amides is 1. The van der Waals surface area contributed by atoms with Crippen molar-refractivity contribution in [2.75, 3.05) is 5.32 Å². The van der Waals surface area contributed by atoms with Gasteiger partial charge in [0.1, 0.15) is 5.82 Å². The van der Waals surface area contributed by atoms with E-state index >= 15 is 0 Å². The quantitative estimate of drug-likeness (QED) is 0.589. The molecule has 124 valence electrons. The van der Waals surface area contributed by atoms with Crippen LogP contribution < -0.4 is 5.32 Å². The Hall–Kier alpha value is -2.33. The zero-order valence-corrected chi connectivity index (χ0v) is 14.4. The van der Waals surface area contributed by atoms with Crippen LogP contribution in [0.15, 0.2) is 42.5 Å². The molecule has 0 aliphatic carbocycles. The van der Waals surface area contributed by atoms with E-state index in [9.17, 15) is 4.79 Å². The van der Waals surface area contributed by atoms with Gasteiger partial charge in [0.2, 0.25) is 5.91 Å². The van der Waals surface area contributed by atoms with Gasteiger partial charge in [-0.15, -0.1) is 0 Å². The minimum atomic E-state index is -0.00731. The Kier molecular flexibility index (Phi) is 5.16. The number of nitrogens with zero attached hydrogens (tertiary/aromatic N) is 1. The summed E-state index contributed by atoms with van der Waals surface area (Å²) in [5.74, 6) is 0.751. The lowest BCUT2D eigenvalue weighted by Gasteiger charge is -2.08. The number of para-hydroxylation sites is 2. The third-order valence-electron chi connectivity index (χ3n) is 3.91. The van der Waals surface area contributed by atoms with Gasteiger partial charge in [0.25, 0.3) is 0 Å². The van der Waals surface area contributed by atoms with Gasteiger partial charge in [-0.2, -0.15) is 0 Å². The number of nitrogens with one attached hydrogen (secondary N) is 2. The molecule has 3 rings (SSSR count). The molecule has 2 N–H and O–H groups in total. The Morgan fingerprint density at radius 2 is 2.04 bits per heavy atom. The Labute approximate surface area is 146 Å². The van der Waals surface area contributed by atoms with E-state index in [2.05, 4.69) is 22.2 Å². The number of anilines is 1. The predicted molar refractivity (Wildman–Crippen MR) is 99.3 cm³/mol. The van der Waals surface area contributed by atoms with Gasteiger partial charge in [-0.05, 0) is 36.8 Å². The van der Waals surface area contributed by atoms with Crippen molar-refractivity contribution in [3.8, 4) is 11.4 Å². The highest BCUT2D eigenvalue weighted by Crippen LogP contribution is 2.29. The van der Waals surface area contributed by atoms with Gasteiger partial charge in [-0.25, -0.2) is 4.98 Å². The summed E-state index contributed by atoms with van der Waals surface area (Å²) in [4.78, 5) is 19.9. The fourth-order valence-electron chi connectivity index (χ4n) is 2.61. The summed E-state index contributed by atoms with van der Waals surface area (Å²) in [6, 6.07) is 13.4. The summed E-state index contributed by atoms with van der Waals surface area (Å²) in [6.45, 7) is 2.12. The minimum Gasteiger partial charge on any atom is -0.338 e. The number of unbranched alkanes of at least 4 members (excludes halogenated alkanes) is 2. The number of carbonyl (C=O) groups is 1. The van der Waals surface area contributed by atoms with Crippen molar-refractivity contribution >= 4 is 34.2 Å². The van der Waals surface area contributed by atoms with Crippen molar-refractivity contribution in [3.63, 3.8) is 0 Å². The second kappa shape index (κ2) is 7.49. The van der Waals surface area contributed by atoms with Gasteiger partial charge in [-0.3, -0.25) is 4.79 Å². The van der Waals surface area contributed by atoms with Crippen molar-refractivity contribution in [2.24, 2.45) is 0 Å². The molecule has 0 radical (unpaired) electrons. The molecule has 1 aromatic heterocycles. The molecule has 2 aromatic carbocycles. The normalized spacial score (nSPS) is 10.9. The highest BCUT2D eigenvalue weighted by atomic mass is 35.5. The third-order valence-corrected chi connectivity index (χ3v) is 4.24. The average Bonchev–Trinajstić information content (AvgIpc) is 3.01. The highest BCUT2D eigenvalue weighted by Gasteiger charge is 2.10. The molecule has 1 heterocycles. The largest absolute Gasteiger partial charge is 0.338 e. The standard InChI is InChI=1S/C19H20ClN3O/c1-2-3-4-9-18(24)21-17-12-13(10-11-14(17)20)19-22-15-7-5-6-8-16(15)23-19/h5-8,10-12H,2-4,9H2,1H3,(H,21,24)(H,22,23). The Morgan fingerprint density at radius 1 is 1.21 bits per heavy atom. The number of rotatable bonds is 6. The van der Waals surface area contributed by atoms with Crippen LogP contribution in [0.25, 0.3) is 22.4 Å². The van der Waals surface area contributed by atoms with Gasteiger partial charge < -0.3 is 10.3 Å². The first-order chi connectivity index (χ1) is 11.7. The maximum atomic E-state index is 12.0. The van der Waals surface area contributed by atoms with Crippen molar-refractivity contribution in [2.45, 2.75) is 32.6 Å². The fourth-order valence-corrected chi connectivity index (χ4v) is 2.77. The highest BCUT2D eigenvalue weighted by molar-refractivity contribution is 6.33. The smallest absolute Gasteiger partial charge is 0.224 e. The van der Waals surface area contributed by atoms with E-state index in [1.54, 1.807) is 6.07 Å². The van der Waals surface area contributed by atoms with E-state index in [1.165, 1.54) is 0 Å². The van der Waals surface area contributed by atoms with E-state index in [0.717, 1.165) is 41.7 Å². The summed E-state index contributed by atoms with van der Waals surface area (Å²) in [6.07, 6.45) is 3.55. The predicted octanol–water partition coefficient (Wildman–Crippen LogP) is 5.40.